The van der Waals surface area contributed by atoms with Crippen molar-refractivity contribution < 1.29 is 24.1 Å². The Balaban J connectivity index is 1.80. The average Bonchev–Trinajstić information content (AvgIpc) is 2.64. The van der Waals surface area contributed by atoms with Crippen molar-refractivity contribution in [3.63, 3.8) is 0 Å². The number of hydrogen-bond acceptors (Lipinski definition) is 4. The molecule has 0 aliphatic heterocycles. The third-order valence-electron chi connectivity index (χ3n) is 3.92. The number of rotatable bonds is 9. The number of halogens is 1. The minimum absolute atomic E-state index is 0.135. The molecule has 2 N–H and O–H groups in total. The van der Waals surface area contributed by atoms with E-state index in [9.17, 15) is 4.39 Å². The molecule has 0 aliphatic carbocycles. The van der Waals surface area contributed by atoms with E-state index in [-0.39, 0.29) is 18.2 Å². The molecule has 0 aliphatic rings. The van der Waals surface area contributed by atoms with Crippen molar-refractivity contribution in [2.24, 2.45) is 0 Å². The van der Waals surface area contributed by atoms with Crippen LogP contribution in [-0.2, 0) is 12.8 Å². The zero-order chi connectivity index (χ0) is 18.1. The molecule has 2 aromatic carbocycles. The third-order valence-corrected chi connectivity index (χ3v) is 3.92. The van der Waals surface area contributed by atoms with Crippen LogP contribution in [0.1, 0.15) is 17.5 Å². The van der Waals surface area contributed by atoms with E-state index in [0.717, 1.165) is 29.6 Å². The number of hydrogen-bond donors (Lipinski definition) is 2. The van der Waals surface area contributed by atoms with Gasteiger partial charge in [-0.05, 0) is 53.8 Å². The summed E-state index contributed by atoms with van der Waals surface area (Å²) in [5.41, 5.74) is 2.55. The first kappa shape index (κ1) is 18.8. The fourth-order valence-corrected chi connectivity index (χ4v) is 2.39. The van der Waals surface area contributed by atoms with E-state index < -0.39 is 0 Å². The van der Waals surface area contributed by atoms with E-state index in [1.54, 1.807) is 6.07 Å². The molecule has 0 spiro atoms. The molecule has 0 fully saturated rings. The summed E-state index contributed by atoms with van der Waals surface area (Å²) in [6.45, 7) is 0.316. The van der Waals surface area contributed by atoms with E-state index in [0.29, 0.717) is 25.0 Å². The highest BCUT2D eigenvalue weighted by atomic mass is 19.1. The second kappa shape index (κ2) is 9.69. The Morgan fingerprint density at radius 2 is 1.80 bits per heavy atom. The van der Waals surface area contributed by atoms with Crippen LogP contribution in [-0.4, -0.2) is 30.5 Å². The predicted molar refractivity (Wildman–Crippen MR) is 94.7 cm³/mol. The van der Waals surface area contributed by atoms with Gasteiger partial charge in [-0.1, -0.05) is 18.2 Å². The van der Waals surface area contributed by atoms with Gasteiger partial charge < -0.3 is 19.7 Å². The average molecular weight is 346 g/mol. The van der Waals surface area contributed by atoms with Gasteiger partial charge in [-0.25, -0.2) is 4.39 Å². The molecule has 4 nitrogen and oxygen atoms in total. The summed E-state index contributed by atoms with van der Waals surface area (Å²) < 4.78 is 24.2. The molecular formula is C20H23FO4. The molecule has 0 unspecified atom stereocenters. The normalized spacial score (nSPS) is 11.4. The van der Waals surface area contributed by atoms with Crippen molar-refractivity contribution in [1.29, 1.82) is 0 Å². The maximum absolute atomic E-state index is 13.6. The lowest BCUT2D eigenvalue weighted by atomic mass is 10.1. The highest BCUT2D eigenvalue weighted by molar-refractivity contribution is 5.30. The molecule has 25 heavy (non-hydrogen) atoms. The Hall–Kier alpha value is -2.53. The van der Waals surface area contributed by atoms with Crippen molar-refractivity contribution in [2.45, 2.75) is 19.3 Å². The van der Waals surface area contributed by atoms with E-state index in [1.165, 1.54) is 13.2 Å². The lowest BCUT2D eigenvalue weighted by molar-refractivity contribution is 0.318. The Morgan fingerprint density at radius 1 is 1.08 bits per heavy atom. The number of aryl methyl sites for hydroxylation is 1. The molecule has 0 saturated carbocycles. The summed E-state index contributed by atoms with van der Waals surface area (Å²) in [6, 6.07) is 12.6. The number of aliphatic hydroxyl groups is 2. The van der Waals surface area contributed by atoms with E-state index in [1.807, 2.05) is 30.3 Å². The van der Waals surface area contributed by atoms with Crippen molar-refractivity contribution in [3.8, 4) is 11.5 Å². The Bertz CT molecular complexity index is 695. The van der Waals surface area contributed by atoms with Gasteiger partial charge in [0.2, 0.25) is 0 Å². The molecule has 0 amide bonds. The second-order valence-corrected chi connectivity index (χ2v) is 5.66. The van der Waals surface area contributed by atoms with Crippen LogP contribution < -0.4 is 9.47 Å². The van der Waals surface area contributed by atoms with Crippen LogP contribution in [0.15, 0.2) is 54.3 Å². The topological polar surface area (TPSA) is 58.9 Å². The van der Waals surface area contributed by atoms with Crippen molar-refractivity contribution in [3.05, 3.63) is 71.2 Å². The maximum atomic E-state index is 13.6. The van der Waals surface area contributed by atoms with Gasteiger partial charge in [0.25, 0.3) is 0 Å². The minimum atomic E-state index is -0.372. The lowest BCUT2D eigenvalue weighted by Crippen LogP contribution is -2.02. The summed E-state index contributed by atoms with van der Waals surface area (Å²) in [5, 5.41) is 17.9. The van der Waals surface area contributed by atoms with Gasteiger partial charge in [0.15, 0.2) is 11.6 Å². The Kier molecular flexibility index (Phi) is 7.29. The van der Waals surface area contributed by atoms with Crippen LogP contribution in [0.2, 0.25) is 0 Å². The molecular weight excluding hydrogens is 323 g/mol. The number of methoxy groups -OCH3 is 1. The summed E-state index contributed by atoms with van der Waals surface area (Å²) >= 11 is 0. The fraction of sp³-hybridized carbons (Fsp3) is 0.300. The predicted octanol–water partition coefficient (Wildman–Crippen LogP) is 3.82. The molecule has 2 aromatic rings. The first-order valence-corrected chi connectivity index (χ1v) is 8.13. The minimum Gasteiger partial charge on any atom is -0.516 e. The molecule has 134 valence electrons. The van der Waals surface area contributed by atoms with Gasteiger partial charge in [-0.15, -0.1) is 0 Å². The number of aliphatic hydroxyl groups excluding tert-OH is 2. The van der Waals surface area contributed by atoms with E-state index >= 15 is 0 Å². The fourth-order valence-electron chi connectivity index (χ4n) is 2.39. The number of ether oxygens (including phenoxy) is 2. The monoisotopic (exact) mass is 346 g/mol. The second-order valence-electron chi connectivity index (χ2n) is 5.66. The van der Waals surface area contributed by atoms with Crippen LogP contribution in [0.5, 0.6) is 11.5 Å². The van der Waals surface area contributed by atoms with Gasteiger partial charge in [0.05, 0.1) is 26.6 Å². The maximum Gasteiger partial charge on any atom is 0.165 e. The molecule has 0 saturated heterocycles. The Morgan fingerprint density at radius 3 is 2.40 bits per heavy atom. The molecule has 0 atom stereocenters. The highest BCUT2D eigenvalue weighted by Crippen LogP contribution is 2.19. The molecule has 0 radical (unpaired) electrons. The summed E-state index contributed by atoms with van der Waals surface area (Å²) in [6.07, 6.45) is 2.90. The van der Waals surface area contributed by atoms with Crippen LogP contribution >= 0.6 is 0 Å². The van der Waals surface area contributed by atoms with Crippen LogP contribution in [0.25, 0.3) is 0 Å². The molecule has 0 bridgehead atoms. The van der Waals surface area contributed by atoms with Gasteiger partial charge >= 0.3 is 0 Å². The van der Waals surface area contributed by atoms with Crippen molar-refractivity contribution in [1.82, 2.24) is 0 Å². The van der Waals surface area contributed by atoms with Gasteiger partial charge in [0, 0.05) is 6.42 Å². The lowest BCUT2D eigenvalue weighted by Gasteiger charge is -2.09. The molecule has 0 aromatic heterocycles. The van der Waals surface area contributed by atoms with Crippen molar-refractivity contribution in [2.75, 3.05) is 20.3 Å². The summed E-state index contributed by atoms with van der Waals surface area (Å²) in [4.78, 5) is 0. The number of benzene rings is 2. The van der Waals surface area contributed by atoms with Crippen LogP contribution in [0.3, 0.4) is 0 Å². The standard InChI is InChI=1S/C20H23FO4/c1-24-20-9-6-16(12-19(20)21)10-11-25-18-7-4-15(5-8-18)2-3-17(13-22)14-23/h4-9,12-13,22-23H,2-3,10-11,14H2,1H3/b17-13+. The molecule has 5 heteroatoms. The SMILES string of the molecule is COc1ccc(CCOc2ccc(CC/C(=C\O)CO)cc2)cc1F. The summed E-state index contributed by atoms with van der Waals surface area (Å²) in [5.74, 6) is 0.613. The third kappa shape index (κ3) is 5.80. The highest BCUT2D eigenvalue weighted by Gasteiger charge is 2.04. The first-order valence-electron chi connectivity index (χ1n) is 8.13. The molecule has 2 rings (SSSR count). The zero-order valence-electron chi connectivity index (χ0n) is 14.2. The van der Waals surface area contributed by atoms with Gasteiger partial charge in [0.1, 0.15) is 5.75 Å². The van der Waals surface area contributed by atoms with Crippen molar-refractivity contribution >= 4 is 0 Å². The zero-order valence-corrected chi connectivity index (χ0v) is 14.2. The van der Waals surface area contributed by atoms with Crippen LogP contribution in [0.4, 0.5) is 4.39 Å². The van der Waals surface area contributed by atoms with Gasteiger partial charge in [-0.3, -0.25) is 0 Å². The molecule has 0 heterocycles. The summed E-state index contributed by atoms with van der Waals surface area (Å²) in [7, 11) is 1.44. The quantitative estimate of drug-likeness (QED) is 0.678. The van der Waals surface area contributed by atoms with Crippen LogP contribution in [0, 0.1) is 5.82 Å². The van der Waals surface area contributed by atoms with Gasteiger partial charge in [-0.2, -0.15) is 0 Å². The smallest absolute Gasteiger partial charge is 0.165 e. The first-order chi connectivity index (χ1) is 12.2. The van der Waals surface area contributed by atoms with E-state index in [4.69, 9.17) is 19.7 Å². The Labute approximate surface area is 147 Å². The largest absolute Gasteiger partial charge is 0.516 e. The van der Waals surface area contributed by atoms with E-state index in [2.05, 4.69) is 0 Å².